The van der Waals surface area contributed by atoms with Crippen LogP contribution in [0.5, 0.6) is 0 Å². The van der Waals surface area contributed by atoms with Gasteiger partial charge in [-0.25, -0.2) is 0 Å². The zero-order valence-electron chi connectivity index (χ0n) is 12.0. The van der Waals surface area contributed by atoms with Crippen molar-refractivity contribution >= 4 is 28.9 Å². The summed E-state index contributed by atoms with van der Waals surface area (Å²) in [4.78, 5) is 0. The molecule has 0 saturated heterocycles. The van der Waals surface area contributed by atoms with E-state index in [4.69, 9.17) is 23.2 Å². The van der Waals surface area contributed by atoms with Crippen LogP contribution >= 0.6 is 23.2 Å². The van der Waals surface area contributed by atoms with E-state index in [0.29, 0.717) is 21.9 Å². The predicted molar refractivity (Wildman–Crippen MR) is 87.3 cm³/mol. The van der Waals surface area contributed by atoms with Gasteiger partial charge in [0, 0.05) is 16.6 Å². The number of rotatable bonds is 2. The highest BCUT2D eigenvalue weighted by Crippen LogP contribution is 2.47. The highest BCUT2D eigenvalue weighted by molar-refractivity contribution is 6.36. The fourth-order valence-electron chi connectivity index (χ4n) is 3.80. The zero-order valence-corrected chi connectivity index (χ0v) is 13.5. The molecule has 3 rings (SSSR count). The Bertz CT molecular complexity index is 538. The molecule has 1 N–H and O–H groups in total. The van der Waals surface area contributed by atoms with Crippen molar-refractivity contribution in [2.75, 3.05) is 5.32 Å². The van der Waals surface area contributed by atoms with Crippen molar-refractivity contribution in [3.05, 3.63) is 40.0 Å². The first kappa shape index (κ1) is 14.3. The van der Waals surface area contributed by atoms with Crippen LogP contribution in [0.15, 0.2) is 30.0 Å². The summed E-state index contributed by atoms with van der Waals surface area (Å²) >= 11 is 12.2. The number of benzene rings is 1. The third-order valence-corrected chi connectivity index (χ3v) is 5.44. The van der Waals surface area contributed by atoms with Gasteiger partial charge in [0.1, 0.15) is 0 Å². The van der Waals surface area contributed by atoms with Gasteiger partial charge in [-0.1, -0.05) is 49.5 Å². The number of fused-ring (bicyclic) bond motifs is 1. The molecule has 20 heavy (non-hydrogen) atoms. The van der Waals surface area contributed by atoms with Crippen LogP contribution in [0.2, 0.25) is 10.0 Å². The number of hydrogen-bond donors (Lipinski definition) is 1. The normalized spacial score (nSPS) is 32.7. The van der Waals surface area contributed by atoms with E-state index in [1.165, 1.54) is 25.0 Å². The lowest BCUT2D eigenvalue weighted by atomic mass is 9.73. The number of anilines is 1. The van der Waals surface area contributed by atoms with Gasteiger partial charge >= 0.3 is 0 Å². The molecule has 0 bridgehead atoms. The summed E-state index contributed by atoms with van der Waals surface area (Å²) in [5.74, 6) is 2.97. The largest absolute Gasteiger partial charge is 0.358 e. The van der Waals surface area contributed by atoms with Gasteiger partial charge in [-0.2, -0.15) is 0 Å². The molecule has 0 aromatic heterocycles. The van der Waals surface area contributed by atoms with Crippen LogP contribution in [0.3, 0.4) is 0 Å². The van der Waals surface area contributed by atoms with Crippen molar-refractivity contribution in [3.8, 4) is 0 Å². The van der Waals surface area contributed by atoms with Gasteiger partial charge in [0.15, 0.2) is 0 Å². The second-order valence-corrected chi connectivity index (χ2v) is 7.26. The first-order chi connectivity index (χ1) is 9.54. The lowest BCUT2D eigenvalue weighted by molar-refractivity contribution is 0.203. The van der Waals surface area contributed by atoms with Crippen molar-refractivity contribution in [1.29, 1.82) is 0 Å². The Hall–Kier alpha value is -0.660. The fourth-order valence-corrected chi connectivity index (χ4v) is 4.26. The van der Waals surface area contributed by atoms with Crippen LogP contribution < -0.4 is 5.32 Å². The van der Waals surface area contributed by atoms with Crippen molar-refractivity contribution < 1.29 is 0 Å². The number of nitrogens with one attached hydrogen (secondary N) is 1. The SMILES string of the molecule is CC1C=C(Nc2ccc(Cl)cc2Cl)[C@@H]2C[C@H](C)CC[C@@H]12. The Morgan fingerprint density at radius 2 is 1.95 bits per heavy atom. The minimum atomic E-state index is 0.667. The second-order valence-electron chi connectivity index (χ2n) is 6.42. The summed E-state index contributed by atoms with van der Waals surface area (Å²) < 4.78 is 0. The molecule has 1 aromatic rings. The number of allylic oxidation sites excluding steroid dienone is 2. The molecular formula is C17H21Cl2N. The topological polar surface area (TPSA) is 12.0 Å². The van der Waals surface area contributed by atoms with E-state index in [1.807, 2.05) is 12.1 Å². The van der Waals surface area contributed by atoms with Crippen LogP contribution in [0, 0.1) is 23.7 Å². The molecule has 4 atom stereocenters. The maximum absolute atomic E-state index is 6.27. The molecule has 1 fully saturated rings. The molecule has 2 aliphatic carbocycles. The van der Waals surface area contributed by atoms with Crippen LogP contribution in [0.4, 0.5) is 5.69 Å². The summed E-state index contributed by atoms with van der Waals surface area (Å²) in [7, 11) is 0. The highest BCUT2D eigenvalue weighted by Gasteiger charge is 2.38. The molecule has 0 heterocycles. The van der Waals surface area contributed by atoms with Crippen molar-refractivity contribution in [2.24, 2.45) is 23.7 Å². The summed E-state index contributed by atoms with van der Waals surface area (Å²) in [5, 5.41) is 4.93. The first-order valence-electron chi connectivity index (χ1n) is 7.48. The molecule has 0 amide bonds. The van der Waals surface area contributed by atoms with Gasteiger partial charge in [0.25, 0.3) is 0 Å². The summed E-state index contributed by atoms with van der Waals surface area (Å²) in [6.45, 7) is 4.71. The molecule has 1 aromatic carbocycles. The summed E-state index contributed by atoms with van der Waals surface area (Å²) in [5.41, 5.74) is 2.33. The van der Waals surface area contributed by atoms with E-state index in [9.17, 15) is 0 Å². The lowest BCUT2D eigenvalue weighted by Crippen LogP contribution is -2.26. The third kappa shape index (κ3) is 2.71. The molecule has 1 saturated carbocycles. The van der Waals surface area contributed by atoms with Gasteiger partial charge in [0.2, 0.25) is 0 Å². The van der Waals surface area contributed by atoms with E-state index in [-0.39, 0.29) is 0 Å². The smallest absolute Gasteiger partial charge is 0.0655 e. The van der Waals surface area contributed by atoms with Crippen LogP contribution in [0.1, 0.15) is 33.1 Å². The molecule has 1 nitrogen and oxygen atoms in total. The van der Waals surface area contributed by atoms with E-state index in [2.05, 4.69) is 25.2 Å². The zero-order chi connectivity index (χ0) is 14.3. The number of halogens is 2. The average Bonchev–Trinajstić information content (AvgIpc) is 2.69. The Kier molecular flexibility index (Phi) is 4.01. The molecule has 108 valence electrons. The molecular weight excluding hydrogens is 289 g/mol. The third-order valence-electron chi connectivity index (χ3n) is 4.89. The van der Waals surface area contributed by atoms with Gasteiger partial charge in [-0.15, -0.1) is 0 Å². The van der Waals surface area contributed by atoms with Crippen molar-refractivity contribution in [2.45, 2.75) is 33.1 Å². The monoisotopic (exact) mass is 309 g/mol. The van der Waals surface area contributed by atoms with E-state index in [0.717, 1.165) is 17.5 Å². The van der Waals surface area contributed by atoms with E-state index < -0.39 is 0 Å². The standard InChI is InChI=1S/C17H21Cl2N/c1-10-3-5-13-11(2)8-17(14(13)7-10)20-16-6-4-12(18)9-15(16)19/h4,6,8-11,13-14,20H,3,5,7H2,1-2H3/t10-,11?,13+,14-/m1/s1. The van der Waals surface area contributed by atoms with E-state index in [1.54, 1.807) is 6.07 Å². The number of hydrogen-bond acceptors (Lipinski definition) is 1. The van der Waals surface area contributed by atoms with Crippen LogP contribution in [0.25, 0.3) is 0 Å². The van der Waals surface area contributed by atoms with Crippen molar-refractivity contribution in [1.82, 2.24) is 0 Å². The Morgan fingerprint density at radius 1 is 1.15 bits per heavy atom. The van der Waals surface area contributed by atoms with Gasteiger partial charge < -0.3 is 5.32 Å². The molecule has 0 aliphatic heterocycles. The Morgan fingerprint density at radius 3 is 2.70 bits per heavy atom. The second kappa shape index (κ2) is 5.61. The summed E-state index contributed by atoms with van der Waals surface area (Å²) in [6.07, 6.45) is 6.41. The maximum atomic E-state index is 6.27. The predicted octanol–water partition coefficient (Wildman–Crippen LogP) is 5.99. The molecule has 0 radical (unpaired) electrons. The van der Waals surface area contributed by atoms with Crippen LogP contribution in [-0.2, 0) is 0 Å². The first-order valence-corrected chi connectivity index (χ1v) is 8.24. The molecule has 2 aliphatic rings. The Labute approximate surface area is 131 Å². The molecule has 3 heteroatoms. The van der Waals surface area contributed by atoms with Gasteiger partial charge in [-0.3, -0.25) is 0 Å². The van der Waals surface area contributed by atoms with E-state index >= 15 is 0 Å². The quantitative estimate of drug-likeness (QED) is 0.707. The molecule has 1 unspecified atom stereocenters. The minimum Gasteiger partial charge on any atom is -0.358 e. The lowest BCUT2D eigenvalue weighted by Gasteiger charge is -2.34. The fraction of sp³-hybridized carbons (Fsp3) is 0.529. The van der Waals surface area contributed by atoms with Gasteiger partial charge in [0.05, 0.1) is 10.7 Å². The highest BCUT2D eigenvalue weighted by atomic mass is 35.5. The summed E-state index contributed by atoms with van der Waals surface area (Å²) in [6, 6.07) is 5.65. The Balaban J connectivity index is 1.81. The maximum Gasteiger partial charge on any atom is 0.0655 e. The van der Waals surface area contributed by atoms with Crippen LogP contribution in [-0.4, -0.2) is 0 Å². The average molecular weight is 310 g/mol. The minimum absolute atomic E-state index is 0.667. The van der Waals surface area contributed by atoms with Crippen molar-refractivity contribution in [3.63, 3.8) is 0 Å². The van der Waals surface area contributed by atoms with Gasteiger partial charge in [-0.05, 0) is 48.8 Å². The molecule has 0 spiro atoms.